The van der Waals surface area contributed by atoms with Gasteiger partial charge in [-0.3, -0.25) is 0 Å². The number of hydrogen-bond donors (Lipinski definition) is 0. The normalized spacial score (nSPS) is 12.3. The van der Waals surface area contributed by atoms with Gasteiger partial charge in [0.25, 0.3) is 0 Å². The van der Waals surface area contributed by atoms with Crippen molar-refractivity contribution in [1.29, 1.82) is 0 Å². The molecule has 0 saturated carbocycles. The molecule has 2 nitrogen and oxygen atoms in total. The fourth-order valence-corrected chi connectivity index (χ4v) is 9.98. The summed E-state index contributed by atoms with van der Waals surface area (Å²) in [5.74, 6) is 0. The number of nitrogens with zero attached hydrogens (tertiary/aromatic N) is 2. The summed E-state index contributed by atoms with van der Waals surface area (Å²) >= 11 is 3.80. The molecular weight excluding hydrogens is 597 g/mol. The lowest BCUT2D eigenvalue weighted by Gasteiger charge is -2.09. The fourth-order valence-electron chi connectivity index (χ4n) is 7.79. The van der Waals surface area contributed by atoms with Crippen molar-refractivity contribution in [3.63, 3.8) is 0 Å². The van der Waals surface area contributed by atoms with Crippen LogP contribution in [-0.4, -0.2) is 9.13 Å². The molecule has 46 heavy (non-hydrogen) atoms. The third kappa shape index (κ3) is 3.24. The van der Waals surface area contributed by atoms with Crippen molar-refractivity contribution in [3.05, 3.63) is 146 Å². The van der Waals surface area contributed by atoms with Gasteiger partial charge in [-0.1, -0.05) is 72.8 Å². The molecule has 4 heteroatoms. The topological polar surface area (TPSA) is 9.86 Å². The Morgan fingerprint density at radius 2 is 0.630 bits per heavy atom. The van der Waals surface area contributed by atoms with E-state index in [0.29, 0.717) is 0 Å². The quantitative estimate of drug-likeness (QED) is 0.182. The molecule has 0 aliphatic rings. The van der Waals surface area contributed by atoms with Crippen LogP contribution in [0.3, 0.4) is 0 Å². The Balaban J connectivity index is 1.22. The van der Waals surface area contributed by atoms with Gasteiger partial charge in [0.05, 0.1) is 22.1 Å². The Kier molecular flexibility index (Phi) is 4.90. The summed E-state index contributed by atoms with van der Waals surface area (Å²) in [6, 6.07) is 53.8. The summed E-state index contributed by atoms with van der Waals surface area (Å²) in [4.78, 5) is 0. The standard InChI is InChI=1S/C42H24N2S2/c1-5-13-33-27(9-1)28-10-2-6-14-34(28)43(33)25-17-19-37-31(23-25)41-39(45-37)21-22-40-42(41)32-24-26(18-20-38(32)46-40)44-35-15-7-3-11-29(35)30-12-4-8-16-36(30)44/h1-24H. The van der Waals surface area contributed by atoms with E-state index >= 15 is 0 Å². The third-order valence-electron chi connectivity index (χ3n) is 9.71. The zero-order valence-corrected chi connectivity index (χ0v) is 26.2. The lowest BCUT2D eigenvalue weighted by atomic mass is 10.0. The molecule has 0 aliphatic carbocycles. The van der Waals surface area contributed by atoms with Crippen LogP contribution in [0.25, 0.3) is 95.3 Å². The lowest BCUT2D eigenvalue weighted by Crippen LogP contribution is -1.93. The molecule has 0 saturated heterocycles. The van der Waals surface area contributed by atoms with Crippen LogP contribution >= 0.6 is 22.7 Å². The number of thiophene rings is 2. The van der Waals surface area contributed by atoms with Gasteiger partial charge in [-0.15, -0.1) is 22.7 Å². The van der Waals surface area contributed by atoms with Gasteiger partial charge in [0.1, 0.15) is 0 Å². The van der Waals surface area contributed by atoms with Gasteiger partial charge < -0.3 is 9.13 Å². The van der Waals surface area contributed by atoms with Crippen LogP contribution in [0.4, 0.5) is 0 Å². The van der Waals surface area contributed by atoms with Gasteiger partial charge in [-0.05, 0) is 72.8 Å². The van der Waals surface area contributed by atoms with Crippen LogP contribution in [0, 0.1) is 0 Å². The van der Waals surface area contributed by atoms with Gasteiger partial charge >= 0.3 is 0 Å². The van der Waals surface area contributed by atoms with Crippen molar-refractivity contribution in [1.82, 2.24) is 9.13 Å². The van der Waals surface area contributed by atoms with Crippen LogP contribution in [0.1, 0.15) is 0 Å². The Labute approximate surface area is 271 Å². The van der Waals surface area contributed by atoms with Crippen molar-refractivity contribution < 1.29 is 0 Å². The van der Waals surface area contributed by atoms with E-state index < -0.39 is 0 Å². The highest BCUT2D eigenvalue weighted by molar-refractivity contribution is 7.28. The molecule has 11 aromatic rings. The first-order chi connectivity index (χ1) is 22.8. The molecule has 0 bridgehead atoms. The Morgan fingerprint density at radius 1 is 0.304 bits per heavy atom. The highest BCUT2D eigenvalue weighted by Crippen LogP contribution is 2.46. The van der Waals surface area contributed by atoms with Crippen LogP contribution in [-0.2, 0) is 0 Å². The first kappa shape index (κ1) is 24.8. The van der Waals surface area contributed by atoms with E-state index in [2.05, 4.69) is 155 Å². The van der Waals surface area contributed by atoms with Gasteiger partial charge in [0.15, 0.2) is 0 Å². The van der Waals surface area contributed by atoms with Crippen LogP contribution in [0.2, 0.25) is 0 Å². The predicted octanol–water partition coefficient (Wildman–Crippen LogP) is 12.6. The van der Waals surface area contributed by atoms with E-state index in [1.165, 1.54) is 95.3 Å². The molecule has 4 aromatic heterocycles. The van der Waals surface area contributed by atoms with Crippen molar-refractivity contribution in [3.8, 4) is 11.4 Å². The summed E-state index contributed by atoms with van der Waals surface area (Å²) < 4.78 is 10.2. The highest BCUT2D eigenvalue weighted by atomic mass is 32.1. The second-order valence-electron chi connectivity index (χ2n) is 12.1. The average molecular weight is 621 g/mol. The number of aromatic nitrogens is 2. The maximum Gasteiger partial charge on any atom is 0.0541 e. The molecule has 11 rings (SSSR count). The Bertz CT molecular complexity index is 2730. The lowest BCUT2D eigenvalue weighted by molar-refractivity contribution is 1.19. The molecular formula is C42H24N2S2. The van der Waals surface area contributed by atoms with Crippen molar-refractivity contribution in [2.24, 2.45) is 0 Å². The van der Waals surface area contributed by atoms with Gasteiger partial charge in [-0.25, -0.2) is 0 Å². The molecule has 0 aliphatic heterocycles. The van der Waals surface area contributed by atoms with Crippen LogP contribution < -0.4 is 0 Å². The van der Waals surface area contributed by atoms with Crippen molar-refractivity contribution in [2.45, 2.75) is 0 Å². The minimum Gasteiger partial charge on any atom is -0.309 e. The minimum absolute atomic E-state index is 1.20. The molecule has 0 radical (unpaired) electrons. The maximum atomic E-state index is 2.43. The van der Waals surface area contributed by atoms with E-state index in [1.807, 2.05) is 22.7 Å². The molecule has 4 heterocycles. The van der Waals surface area contributed by atoms with Gasteiger partial charge in [0, 0.05) is 73.3 Å². The van der Waals surface area contributed by atoms with E-state index in [0.717, 1.165) is 0 Å². The molecule has 0 fully saturated rings. The monoisotopic (exact) mass is 620 g/mol. The van der Waals surface area contributed by atoms with Gasteiger partial charge in [-0.2, -0.15) is 0 Å². The summed E-state index contributed by atoms with van der Waals surface area (Å²) in [7, 11) is 0. The smallest absolute Gasteiger partial charge is 0.0541 e. The van der Waals surface area contributed by atoms with Crippen LogP contribution in [0.15, 0.2) is 146 Å². The maximum absolute atomic E-state index is 2.43. The van der Waals surface area contributed by atoms with E-state index in [9.17, 15) is 0 Å². The van der Waals surface area contributed by atoms with Crippen LogP contribution in [0.5, 0.6) is 0 Å². The van der Waals surface area contributed by atoms with E-state index in [1.54, 1.807) is 0 Å². The second-order valence-corrected chi connectivity index (χ2v) is 14.3. The summed E-state index contributed by atoms with van der Waals surface area (Å²) in [5, 5.41) is 10.5. The minimum atomic E-state index is 1.20. The first-order valence-electron chi connectivity index (χ1n) is 15.6. The number of benzene rings is 7. The molecule has 214 valence electrons. The molecule has 7 aromatic carbocycles. The van der Waals surface area contributed by atoms with Crippen molar-refractivity contribution >= 4 is 107 Å². The van der Waals surface area contributed by atoms with E-state index in [4.69, 9.17) is 0 Å². The zero-order chi connectivity index (χ0) is 29.9. The predicted molar refractivity (Wildman–Crippen MR) is 201 cm³/mol. The number of hydrogen-bond acceptors (Lipinski definition) is 2. The number of fused-ring (bicyclic) bond motifs is 13. The molecule has 0 atom stereocenters. The SMILES string of the molecule is c1ccc2c(c1)c1ccccc1n2-c1ccc2sc3ccc4sc5ccc(-n6c7ccccc7c7ccccc76)cc5c4c3c2c1. The summed E-state index contributed by atoms with van der Waals surface area (Å²) in [6.07, 6.45) is 0. The van der Waals surface area contributed by atoms with Crippen molar-refractivity contribution in [2.75, 3.05) is 0 Å². The Hall–Kier alpha value is -5.42. The second kappa shape index (κ2) is 9.07. The summed E-state index contributed by atoms with van der Waals surface area (Å²) in [5.41, 5.74) is 7.36. The molecule has 0 unspecified atom stereocenters. The third-order valence-corrected chi connectivity index (χ3v) is 12.0. The summed E-state index contributed by atoms with van der Waals surface area (Å²) in [6.45, 7) is 0. The van der Waals surface area contributed by atoms with E-state index in [-0.39, 0.29) is 0 Å². The Morgan fingerprint density at radius 3 is 1.00 bits per heavy atom. The highest BCUT2D eigenvalue weighted by Gasteiger charge is 2.18. The fraction of sp³-hybridized carbons (Fsp3) is 0. The average Bonchev–Trinajstić information content (AvgIpc) is 3.85. The first-order valence-corrected chi connectivity index (χ1v) is 17.2. The number of rotatable bonds is 2. The number of para-hydroxylation sites is 4. The molecule has 0 N–H and O–H groups in total. The molecule has 0 spiro atoms. The molecule has 0 amide bonds. The largest absolute Gasteiger partial charge is 0.309 e. The zero-order valence-electron chi connectivity index (χ0n) is 24.6. The van der Waals surface area contributed by atoms with Gasteiger partial charge in [0.2, 0.25) is 0 Å².